The van der Waals surface area contributed by atoms with Gasteiger partial charge in [0.15, 0.2) is 9.84 Å². The maximum atomic E-state index is 11.2. The normalized spacial score (nSPS) is 23.9. The van der Waals surface area contributed by atoms with Crippen molar-refractivity contribution in [3.05, 3.63) is 34.3 Å². The van der Waals surface area contributed by atoms with E-state index in [0.29, 0.717) is 6.42 Å². The van der Waals surface area contributed by atoms with Crippen LogP contribution >= 0.6 is 15.9 Å². The van der Waals surface area contributed by atoms with Gasteiger partial charge in [-0.25, -0.2) is 8.42 Å². The molecule has 5 heteroatoms. The summed E-state index contributed by atoms with van der Waals surface area (Å²) in [5.41, 5.74) is 0.985. The number of hydrogen-bond acceptors (Lipinski definition) is 3. The molecule has 1 fully saturated rings. The molecular weight excluding hydrogens is 290 g/mol. The summed E-state index contributed by atoms with van der Waals surface area (Å²) in [6, 6.07) is 7.70. The highest BCUT2D eigenvalue weighted by molar-refractivity contribution is 9.10. The van der Waals surface area contributed by atoms with Crippen molar-refractivity contribution in [2.45, 2.75) is 12.5 Å². The molecule has 0 aliphatic carbocycles. The van der Waals surface area contributed by atoms with E-state index in [4.69, 9.17) is 0 Å². The number of sulfone groups is 1. The summed E-state index contributed by atoms with van der Waals surface area (Å²) in [6.07, 6.45) is 2.39. The molecule has 1 atom stereocenters. The molecule has 0 aromatic heterocycles. The minimum atomic E-state index is -2.83. The Labute approximate surface area is 104 Å². The van der Waals surface area contributed by atoms with E-state index >= 15 is 0 Å². The van der Waals surface area contributed by atoms with Crippen LogP contribution in [0.15, 0.2) is 33.7 Å². The summed E-state index contributed by atoms with van der Waals surface area (Å²) in [5.74, 6) is 0.463. The molecule has 1 aromatic carbocycles. The average Bonchev–Trinajstić information content (AvgIpc) is 2.56. The number of benzene rings is 1. The lowest BCUT2D eigenvalue weighted by Crippen LogP contribution is -2.07. The summed E-state index contributed by atoms with van der Waals surface area (Å²) >= 11 is 3.38. The summed E-state index contributed by atoms with van der Waals surface area (Å²) in [5, 5.41) is 0. The highest BCUT2D eigenvalue weighted by Crippen LogP contribution is 2.15. The molecular formula is C11H12BrNO2S. The van der Waals surface area contributed by atoms with Crippen LogP contribution in [0, 0.1) is 0 Å². The zero-order chi connectivity index (χ0) is 11.6. The fraction of sp³-hybridized carbons (Fsp3) is 0.364. The molecule has 1 aromatic rings. The van der Waals surface area contributed by atoms with Gasteiger partial charge in [-0.1, -0.05) is 28.1 Å². The van der Waals surface area contributed by atoms with Gasteiger partial charge in [0.25, 0.3) is 0 Å². The number of hydrogen-bond donors (Lipinski definition) is 0. The summed E-state index contributed by atoms with van der Waals surface area (Å²) in [6.45, 7) is 0. The molecule has 1 aliphatic rings. The summed E-state index contributed by atoms with van der Waals surface area (Å²) < 4.78 is 23.4. The Balaban J connectivity index is 2.05. The SMILES string of the molecule is O=S1(=O)CCC(N=Cc2cccc(Br)c2)C1. The molecule has 0 spiro atoms. The maximum Gasteiger partial charge on any atom is 0.152 e. The summed E-state index contributed by atoms with van der Waals surface area (Å²) in [4.78, 5) is 4.31. The summed E-state index contributed by atoms with van der Waals surface area (Å²) in [7, 11) is -2.83. The van der Waals surface area contributed by atoms with Crippen molar-refractivity contribution in [1.82, 2.24) is 0 Å². The first-order chi connectivity index (χ1) is 7.55. The van der Waals surface area contributed by atoms with Crippen molar-refractivity contribution in [1.29, 1.82) is 0 Å². The van der Waals surface area contributed by atoms with Crippen LogP contribution < -0.4 is 0 Å². The molecule has 0 bridgehead atoms. The van der Waals surface area contributed by atoms with Crippen molar-refractivity contribution in [2.24, 2.45) is 4.99 Å². The Morgan fingerprint density at radius 1 is 1.44 bits per heavy atom. The van der Waals surface area contributed by atoms with Crippen LogP contribution in [0.1, 0.15) is 12.0 Å². The van der Waals surface area contributed by atoms with Gasteiger partial charge >= 0.3 is 0 Å². The lowest BCUT2D eigenvalue weighted by Gasteiger charge is -1.99. The first kappa shape index (κ1) is 11.8. The van der Waals surface area contributed by atoms with Gasteiger partial charge in [0.1, 0.15) is 0 Å². The quantitative estimate of drug-likeness (QED) is 0.785. The third-order valence-electron chi connectivity index (χ3n) is 2.49. The van der Waals surface area contributed by atoms with Crippen molar-refractivity contribution in [3.8, 4) is 0 Å². The molecule has 86 valence electrons. The number of nitrogens with zero attached hydrogens (tertiary/aromatic N) is 1. The van der Waals surface area contributed by atoms with Crippen LogP contribution in [0.5, 0.6) is 0 Å². The predicted molar refractivity (Wildman–Crippen MR) is 68.8 cm³/mol. The zero-order valence-electron chi connectivity index (χ0n) is 8.64. The fourth-order valence-corrected chi connectivity index (χ4v) is 3.73. The van der Waals surface area contributed by atoms with E-state index in [-0.39, 0.29) is 17.5 Å². The van der Waals surface area contributed by atoms with Crippen LogP contribution in [0.25, 0.3) is 0 Å². The van der Waals surface area contributed by atoms with Gasteiger partial charge in [0.2, 0.25) is 0 Å². The largest absolute Gasteiger partial charge is 0.288 e. The second kappa shape index (κ2) is 4.67. The standard InChI is InChI=1S/C11H12BrNO2S/c12-10-3-1-2-9(6-10)7-13-11-4-5-16(14,15)8-11/h1-3,6-7,11H,4-5,8H2. The monoisotopic (exact) mass is 301 g/mol. The van der Waals surface area contributed by atoms with Crippen LogP contribution in [0.2, 0.25) is 0 Å². The maximum absolute atomic E-state index is 11.2. The van der Waals surface area contributed by atoms with Crippen molar-refractivity contribution < 1.29 is 8.42 Å². The minimum absolute atomic E-state index is 0.0658. The lowest BCUT2D eigenvalue weighted by molar-refractivity contribution is 0.601. The van der Waals surface area contributed by atoms with Gasteiger partial charge < -0.3 is 0 Å². The van der Waals surface area contributed by atoms with Gasteiger partial charge in [-0.2, -0.15) is 0 Å². The number of halogens is 1. The molecule has 1 aliphatic heterocycles. The van der Waals surface area contributed by atoms with E-state index in [9.17, 15) is 8.42 Å². The Morgan fingerprint density at radius 3 is 2.88 bits per heavy atom. The second-order valence-corrected chi connectivity index (χ2v) is 7.03. The first-order valence-corrected chi connectivity index (χ1v) is 7.66. The molecule has 3 nitrogen and oxygen atoms in total. The zero-order valence-corrected chi connectivity index (χ0v) is 11.0. The highest BCUT2D eigenvalue weighted by atomic mass is 79.9. The first-order valence-electron chi connectivity index (χ1n) is 5.04. The van der Waals surface area contributed by atoms with Gasteiger partial charge in [-0.3, -0.25) is 4.99 Å². The molecule has 0 N–H and O–H groups in total. The smallest absolute Gasteiger partial charge is 0.152 e. The third-order valence-corrected chi connectivity index (χ3v) is 4.74. The molecule has 16 heavy (non-hydrogen) atoms. The average molecular weight is 302 g/mol. The lowest BCUT2D eigenvalue weighted by atomic mass is 10.2. The van der Waals surface area contributed by atoms with Crippen molar-refractivity contribution >= 4 is 32.0 Å². The van der Waals surface area contributed by atoms with E-state index in [1.807, 2.05) is 24.3 Å². The Kier molecular flexibility index (Phi) is 3.44. The predicted octanol–water partition coefficient (Wildman–Crippen LogP) is 2.06. The number of rotatable bonds is 2. The van der Waals surface area contributed by atoms with Crippen molar-refractivity contribution in [3.63, 3.8) is 0 Å². The van der Waals surface area contributed by atoms with E-state index in [0.717, 1.165) is 10.0 Å². The van der Waals surface area contributed by atoms with Gasteiger partial charge in [0, 0.05) is 10.7 Å². The Morgan fingerprint density at radius 2 is 2.25 bits per heavy atom. The molecule has 2 rings (SSSR count). The van der Waals surface area contributed by atoms with Gasteiger partial charge in [-0.05, 0) is 24.1 Å². The fourth-order valence-electron chi connectivity index (χ4n) is 1.67. The molecule has 0 radical (unpaired) electrons. The van der Waals surface area contributed by atoms with Crippen LogP contribution in [0.4, 0.5) is 0 Å². The molecule has 1 heterocycles. The van der Waals surface area contributed by atoms with E-state index in [1.165, 1.54) is 0 Å². The topological polar surface area (TPSA) is 46.5 Å². The molecule has 1 saturated heterocycles. The molecule has 0 amide bonds. The van der Waals surface area contributed by atoms with E-state index < -0.39 is 9.84 Å². The molecule has 0 saturated carbocycles. The minimum Gasteiger partial charge on any atom is -0.288 e. The van der Waals surface area contributed by atoms with Gasteiger partial charge in [0.05, 0.1) is 17.5 Å². The second-order valence-electron chi connectivity index (χ2n) is 3.89. The van der Waals surface area contributed by atoms with E-state index in [1.54, 1.807) is 6.21 Å². The highest BCUT2D eigenvalue weighted by Gasteiger charge is 2.26. The van der Waals surface area contributed by atoms with E-state index in [2.05, 4.69) is 20.9 Å². The van der Waals surface area contributed by atoms with Crippen LogP contribution in [-0.4, -0.2) is 32.2 Å². The third kappa shape index (κ3) is 3.15. The molecule has 1 unspecified atom stereocenters. The van der Waals surface area contributed by atoms with Crippen molar-refractivity contribution in [2.75, 3.05) is 11.5 Å². The Hall–Kier alpha value is -0.680. The van der Waals surface area contributed by atoms with Crippen LogP contribution in [0.3, 0.4) is 0 Å². The number of aliphatic imine (C=N–C) groups is 1. The van der Waals surface area contributed by atoms with Crippen LogP contribution in [-0.2, 0) is 9.84 Å². The Bertz CT molecular complexity index is 510. The van der Waals surface area contributed by atoms with Gasteiger partial charge in [-0.15, -0.1) is 0 Å².